The Hall–Kier alpha value is -2.70. The third-order valence-electron chi connectivity index (χ3n) is 4.91. The first-order chi connectivity index (χ1) is 13.1. The maximum atomic E-state index is 13.3. The largest absolute Gasteiger partial charge is 0.312 e. The maximum Gasteiger partial charge on any atom is 0.258 e. The number of benzene rings is 2. The average molecular weight is 401 g/mol. The standard InChI is InChI=1S/C21H21FN4O.ClH/c1-25-20-11-12-23-13-18(20)19(24-25)14-26(17-5-3-2-4-6-17)21(27)15-7-9-16(22)10-8-15;/h2-10,23H,11-14H2,1H3;1H. The number of rotatable bonds is 4. The Bertz CT molecular complexity index is 957. The van der Waals surface area contributed by atoms with Gasteiger partial charge in [0, 0.05) is 49.1 Å². The van der Waals surface area contributed by atoms with E-state index in [1.807, 2.05) is 42.1 Å². The highest BCUT2D eigenvalue weighted by Gasteiger charge is 2.24. The molecule has 1 amide bonds. The number of para-hydroxylation sites is 1. The first kappa shape index (κ1) is 20.0. The van der Waals surface area contributed by atoms with Gasteiger partial charge in [0.25, 0.3) is 5.91 Å². The Morgan fingerprint density at radius 2 is 1.89 bits per heavy atom. The van der Waals surface area contributed by atoms with Gasteiger partial charge in [-0.3, -0.25) is 9.48 Å². The van der Waals surface area contributed by atoms with Gasteiger partial charge < -0.3 is 10.2 Å². The second kappa shape index (κ2) is 8.54. The molecule has 146 valence electrons. The summed E-state index contributed by atoms with van der Waals surface area (Å²) >= 11 is 0. The van der Waals surface area contributed by atoms with Gasteiger partial charge in [0.2, 0.25) is 0 Å². The molecule has 5 nitrogen and oxygen atoms in total. The fourth-order valence-corrected chi connectivity index (χ4v) is 3.51. The molecule has 0 atom stereocenters. The number of amides is 1. The quantitative estimate of drug-likeness (QED) is 0.729. The van der Waals surface area contributed by atoms with Crippen LogP contribution in [0.5, 0.6) is 0 Å². The molecule has 1 aliphatic heterocycles. The van der Waals surface area contributed by atoms with E-state index in [1.54, 1.807) is 4.90 Å². The molecular formula is C21H22ClFN4O. The molecule has 0 saturated heterocycles. The fourth-order valence-electron chi connectivity index (χ4n) is 3.51. The number of nitrogens with zero attached hydrogens (tertiary/aromatic N) is 3. The van der Waals surface area contributed by atoms with Crippen LogP contribution in [0.25, 0.3) is 0 Å². The SMILES string of the molecule is Cl.Cn1nc(CN(C(=O)c2ccc(F)cc2)c2ccccc2)c2c1CCNC2. The molecule has 7 heteroatoms. The van der Waals surface area contributed by atoms with Crippen molar-refractivity contribution in [1.82, 2.24) is 15.1 Å². The predicted octanol–water partition coefficient (Wildman–Crippen LogP) is 3.47. The topological polar surface area (TPSA) is 50.2 Å². The zero-order chi connectivity index (χ0) is 18.8. The Morgan fingerprint density at radius 1 is 1.18 bits per heavy atom. The van der Waals surface area contributed by atoms with E-state index in [9.17, 15) is 9.18 Å². The minimum atomic E-state index is -0.359. The molecule has 0 radical (unpaired) electrons. The first-order valence-corrected chi connectivity index (χ1v) is 9.00. The summed E-state index contributed by atoms with van der Waals surface area (Å²) in [5, 5.41) is 8.05. The zero-order valence-electron chi connectivity index (χ0n) is 15.6. The summed E-state index contributed by atoms with van der Waals surface area (Å²) in [7, 11) is 1.95. The van der Waals surface area contributed by atoms with Gasteiger partial charge in [-0.1, -0.05) is 18.2 Å². The molecule has 0 spiro atoms. The van der Waals surface area contributed by atoms with Gasteiger partial charge in [0.1, 0.15) is 5.82 Å². The van der Waals surface area contributed by atoms with Crippen molar-refractivity contribution >= 4 is 24.0 Å². The number of carbonyl (C=O) groups excluding carboxylic acids is 1. The third-order valence-corrected chi connectivity index (χ3v) is 4.91. The maximum absolute atomic E-state index is 13.3. The summed E-state index contributed by atoms with van der Waals surface area (Å²) in [6, 6.07) is 15.2. The highest BCUT2D eigenvalue weighted by Crippen LogP contribution is 2.24. The van der Waals surface area contributed by atoms with Crippen molar-refractivity contribution in [2.45, 2.75) is 19.5 Å². The summed E-state index contributed by atoms with van der Waals surface area (Å²) in [6.45, 7) is 2.06. The van der Waals surface area contributed by atoms with Gasteiger partial charge in [-0.05, 0) is 36.4 Å². The molecule has 2 heterocycles. The molecule has 0 unspecified atom stereocenters. The van der Waals surface area contributed by atoms with Gasteiger partial charge >= 0.3 is 0 Å². The number of nitrogens with one attached hydrogen (secondary N) is 1. The Kier molecular flexibility index (Phi) is 6.11. The molecule has 0 bridgehead atoms. The lowest BCUT2D eigenvalue weighted by Gasteiger charge is -2.23. The van der Waals surface area contributed by atoms with Crippen LogP contribution in [0.3, 0.4) is 0 Å². The van der Waals surface area contributed by atoms with Crippen molar-refractivity contribution < 1.29 is 9.18 Å². The number of anilines is 1. The van der Waals surface area contributed by atoms with Crippen LogP contribution in [0.4, 0.5) is 10.1 Å². The number of halogens is 2. The van der Waals surface area contributed by atoms with Crippen LogP contribution in [0.15, 0.2) is 54.6 Å². The van der Waals surface area contributed by atoms with Crippen molar-refractivity contribution in [2.75, 3.05) is 11.4 Å². The molecule has 28 heavy (non-hydrogen) atoms. The molecule has 2 aromatic carbocycles. The average Bonchev–Trinajstić information content (AvgIpc) is 3.03. The normalized spacial score (nSPS) is 12.8. The van der Waals surface area contributed by atoms with Crippen molar-refractivity contribution in [3.05, 3.63) is 82.9 Å². The van der Waals surface area contributed by atoms with Gasteiger partial charge in [0.15, 0.2) is 0 Å². The van der Waals surface area contributed by atoms with Gasteiger partial charge in [-0.25, -0.2) is 4.39 Å². The van der Waals surface area contributed by atoms with Crippen LogP contribution in [-0.2, 0) is 26.6 Å². The number of hydrogen-bond donors (Lipinski definition) is 1. The van der Waals surface area contributed by atoms with Gasteiger partial charge in [-0.15, -0.1) is 12.4 Å². The molecule has 0 fully saturated rings. The van der Waals surface area contributed by atoms with E-state index in [0.29, 0.717) is 12.1 Å². The van der Waals surface area contributed by atoms with Gasteiger partial charge in [0.05, 0.1) is 12.2 Å². The minimum Gasteiger partial charge on any atom is -0.312 e. The van der Waals surface area contributed by atoms with E-state index < -0.39 is 0 Å². The second-order valence-electron chi connectivity index (χ2n) is 6.66. The smallest absolute Gasteiger partial charge is 0.258 e. The van der Waals surface area contributed by atoms with E-state index in [0.717, 1.165) is 36.5 Å². The number of carbonyl (C=O) groups is 1. The van der Waals surface area contributed by atoms with E-state index in [2.05, 4.69) is 10.4 Å². The lowest BCUT2D eigenvalue weighted by molar-refractivity contribution is 0.0984. The lowest BCUT2D eigenvalue weighted by atomic mass is 10.1. The number of aryl methyl sites for hydroxylation is 1. The molecule has 1 aliphatic rings. The van der Waals surface area contributed by atoms with E-state index in [4.69, 9.17) is 0 Å². The lowest BCUT2D eigenvalue weighted by Crippen LogP contribution is -2.32. The number of aromatic nitrogens is 2. The zero-order valence-corrected chi connectivity index (χ0v) is 16.4. The monoisotopic (exact) mass is 400 g/mol. The molecule has 1 aromatic heterocycles. The molecular weight excluding hydrogens is 379 g/mol. The van der Waals surface area contributed by atoms with Crippen molar-refractivity contribution in [3.8, 4) is 0 Å². The third kappa shape index (κ3) is 3.93. The molecule has 0 aliphatic carbocycles. The van der Waals surface area contributed by atoms with Crippen LogP contribution >= 0.6 is 12.4 Å². The summed E-state index contributed by atoms with van der Waals surface area (Å²) in [5.74, 6) is -0.535. The Balaban J connectivity index is 0.00000225. The highest BCUT2D eigenvalue weighted by atomic mass is 35.5. The predicted molar refractivity (Wildman–Crippen MR) is 109 cm³/mol. The van der Waals surface area contributed by atoms with Crippen LogP contribution in [0.2, 0.25) is 0 Å². The Morgan fingerprint density at radius 3 is 2.61 bits per heavy atom. The van der Waals surface area contributed by atoms with Gasteiger partial charge in [-0.2, -0.15) is 5.10 Å². The summed E-state index contributed by atoms with van der Waals surface area (Å²) in [4.78, 5) is 14.9. The van der Waals surface area contributed by atoms with Crippen LogP contribution in [-0.4, -0.2) is 22.2 Å². The Labute approximate surface area is 169 Å². The van der Waals surface area contributed by atoms with Crippen molar-refractivity contribution in [1.29, 1.82) is 0 Å². The summed E-state index contributed by atoms with van der Waals surface area (Å²) < 4.78 is 15.2. The number of fused-ring (bicyclic) bond motifs is 1. The second-order valence-corrected chi connectivity index (χ2v) is 6.66. The van der Waals surface area contributed by atoms with Crippen molar-refractivity contribution in [2.24, 2.45) is 7.05 Å². The van der Waals surface area contributed by atoms with Crippen molar-refractivity contribution in [3.63, 3.8) is 0 Å². The van der Waals surface area contributed by atoms with Crippen LogP contribution in [0.1, 0.15) is 27.3 Å². The van der Waals surface area contributed by atoms with E-state index in [-0.39, 0.29) is 24.1 Å². The van der Waals surface area contributed by atoms with Crippen LogP contribution in [0, 0.1) is 5.82 Å². The first-order valence-electron chi connectivity index (χ1n) is 9.00. The highest BCUT2D eigenvalue weighted by molar-refractivity contribution is 6.06. The molecule has 0 saturated carbocycles. The minimum absolute atomic E-state index is 0. The fraction of sp³-hybridized carbons (Fsp3) is 0.238. The van der Waals surface area contributed by atoms with E-state index >= 15 is 0 Å². The van der Waals surface area contributed by atoms with Crippen LogP contribution < -0.4 is 10.2 Å². The summed E-state index contributed by atoms with van der Waals surface area (Å²) in [5.41, 5.74) is 4.50. The molecule has 1 N–H and O–H groups in total. The molecule has 4 rings (SSSR count). The summed E-state index contributed by atoms with van der Waals surface area (Å²) in [6.07, 6.45) is 0.927. The number of hydrogen-bond acceptors (Lipinski definition) is 3. The molecule has 3 aromatic rings. The van der Waals surface area contributed by atoms with E-state index in [1.165, 1.54) is 30.0 Å².